The van der Waals surface area contributed by atoms with Gasteiger partial charge >= 0.3 is 0 Å². The minimum atomic E-state index is 1.14. The molecular formula is C16H27N5. The normalized spacial score (nSPS) is 9.19. The summed E-state index contributed by atoms with van der Waals surface area (Å²) < 4.78 is 4.59. The molecule has 0 aliphatic heterocycles. The number of hydrogen-bond donors (Lipinski definition) is 0. The molecule has 0 aliphatic carbocycles. The maximum atomic E-state index is 7.43. The van der Waals surface area contributed by atoms with Crippen LogP contribution in [-0.4, -0.2) is 10.6 Å². The van der Waals surface area contributed by atoms with Crippen molar-refractivity contribution in [1.82, 2.24) is 4.57 Å². The molecule has 0 saturated carbocycles. The fraction of sp³-hybridized carbons (Fsp3) is 0.688. The van der Waals surface area contributed by atoms with Crippen molar-refractivity contribution in [3.05, 3.63) is 24.1 Å². The second-order valence-corrected chi connectivity index (χ2v) is 4.97. The largest absolute Gasteiger partial charge is 0.422 e. The Labute approximate surface area is 128 Å². The highest BCUT2D eigenvalue weighted by Crippen LogP contribution is 2.05. The first kappa shape index (κ1) is 19.1. The van der Waals surface area contributed by atoms with Gasteiger partial charge in [-0.1, -0.05) is 39.5 Å². The zero-order valence-corrected chi connectivity index (χ0v) is 13.3. The van der Waals surface area contributed by atoms with Crippen molar-refractivity contribution in [2.75, 3.05) is 0 Å². The van der Waals surface area contributed by atoms with Gasteiger partial charge in [0.15, 0.2) is 0 Å². The molecule has 0 saturated heterocycles. The van der Waals surface area contributed by atoms with E-state index in [1.807, 2.05) is 0 Å². The van der Waals surface area contributed by atoms with Crippen LogP contribution in [0.15, 0.2) is 23.7 Å². The van der Waals surface area contributed by atoms with E-state index in [0.717, 1.165) is 6.54 Å². The summed E-state index contributed by atoms with van der Waals surface area (Å²) in [5.74, 6) is 0. The molecule has 0 unspecified atom stereocenters. The van der Waals surface area contributed by atoms with Crippen molar-refractivity contribution < 1.29 is 4.57 Å². The Morgan fingerprint density at radius 3 is 2.43 bits per heavy atom. The third-order valence-corrected chi connectivity index (χ3v) is 3.10. The standard InChI is InChI=1S/C14H27N2.C2N3/c1-3-5-6-7-8-9-11-16-13-12-15(14-16)10-4-2;3-1-5-2-4/h12-14H,3-11H2,1-2H3;/q+1;-1. The van der Waals surface area contributed by atoms with Gasteiger partial charge in [-0.25, -0.2) is 9.13 Å². The van der Waals surface area contributed by atoms with Crippen molar-refractivity contribution in [3.8, 4) is 6.19 Å². The number of nitriles is 1. The van der Waals surface area contributed by atoms with Crippen LogP contribution in [0.25, 0.3) is 5.41 Å². The van der Waals surface area contributed by atoms with Crippen LogP contribution in [0.2, 0.25) is 0 Å². The summed E-state index contributed by atoms with van der Waals surface area (Å²) in [4.78, 5) is 2.58. The lowest BCUT2D eigenvalue weighted by Gasteiger charge is -1.98. The Hall–Kier alpha value is -1.92. The molecule has 1 heterocycles. The third kappa shape index (κ3) is 11.6. The van der Waals surface area contributed by atoms with Gasteiger partial charge < -0.3 is 10.4 Å². The number of unbranched alkanes of at least 4 members (excludes halogenated alkanes) is 5. The highest BCUT2D eigenvalue weighted by atomic mass is 15.1. The molecule has 1 aromatic heterocycles. The van der Waals surface area contributed by atoms with Gasteiger partial charge in [-0.05, 0) is 19.3 Å². The molecule has 0 aromatic carbocycles. The first-order chi connectivity index (χ1) is 10.3. The zero-order valence-electron chi connectivity index (χ0n) is 13.3. The van der Waals surface area contributed by atoms with E-state index in [0.29, 0.717) is 0 Å². The molecule has 21 heavy (non-hydrogen) atoms. The van der Waals surface area contributed by atoms with Crippen LogP contribution in [0.3, 0.4) is 0 Å². The number of aliphatic imine (C=N–C) groups is 1. The van der Waals surface area contributed by atoms with E-state index in [2.05, 4.69) is 46.7 Å². The summed E-state index contributed by atoms with van der Waals surface area (Å²) in [6.07, 6.45) is 17.4. The fourth-order valence-corrected chi connectivity index (χ4v) is 2.06. The minimum absolute atomic E-state index is 1.14. The van der Waals surface area contributed by atoms with Crippen LogP contribution in [0.4, 0.5) is 0 Å². The Balaban J connectivity index is 0.000000690. The Morgan fingerprint density at radius 2 is 1.86 bits per heavy atom. The Morgan fingerprint density at radius 1 is 1.14 bits per heavy atom. The Bertz CT molecular complexity index is 438. The lowest BCUT2D eigenvalue weighted by atomic mass is 10.1. The maximum Gasteiger partial charge on any atom is 0.243 e. The van der Waals surface area contributed by atoms with Gasteiger partial charge in [0.1, 0.15) is 12.4 Å². The van der Waals surface area contributed by atoms with Crippen LogP contribution < -0.4 is 4.57 Å². The van der Waals surface area contributed by atoms with Crippen LogP contribution in [0.1, 0.15) is 58.8 Å². The van der Waals surface area contributed by atoms with Gasteiger partial charge in [0.25, 0.3) is 0 Å². The van der Waals surface area contributed by atoms with Gasteiger partial charge in [-0.2, -0.15) is 5.26 Å². The Kier molecular flexibility index (Phi) is 13.2. The van der Waals surface area contributed by atoms with Crippen molar-refractivity contribution in [1.29, 1.82) is 5.26 Å². The molecule has 0 amide bonds. The SMILES string of the molecule is CCCCCCCCn1cc[n+](CCC)c1.N#CN=C=[N-]. The third-order valence-electron chi connectivity index (χ3n) is 3.10. The van der Waals surface area contributed by atoms with Crippen molar-refractivity contribution in [3.63, 3.8) is 0 Å². The highest BCUT2D eigenvalue weighted by molar-refractivity contribution is 5.46. The molecule has 0 N–H and O–H groups in total. The van der Waals surface area contributed by atoms with Crippen LogP contribution in [-0.2, 0) is 13.1 Å². The molecular weight excluding hydrogens is 262 g/mol. The molecule has 1 rings (SSSR count). The van der Waals surface area contributed by atoms with E-state index in [1.165, 1.54) is 63.7 Å². The van der Waals surface area contributed by atoms with E-state index < -0.39 is 0 Å². The van der Waals surface area contributed by atoms with Gasteiger partial charge in [-0.15, -0.1) is 6.01 Å². The summed E-state index contributed by atoms with van der Waals surface area (Å²) >= 11 is 0. The summed E-state index contributed by atoms with van der Waals surface area (Å²) in [6.45, 7) is 6.82. The lowest BCUT2D eigenvalue weighted by Crippen LogP contribution is -2.30. The molecule has 0 atom stereocenters. The average molecular weight is 289 g/mol. The number of imidazole rings is 1. The summed E-state index contributed by atoms with van der Waals surface area (Å²) in [7, 11) is 0. The number of rotatable bonds is 9. The predicted molar refractivity (Wildman–Crippen MR) is 84.7 cm³/mol. The molecule has 5 nitrogen and oxygen atoms in total. The zero-order chi connectivity index (χ0) is 15.8. The first-order valence-corrected chi connectivity index (χ1v) is 7.81. The lowest BCUT2D eigenvalue weighted by molar-refractivity contribution is -0.696. The topological polar surface area (TPSA) is 67.3 Å². The minimum Gasteiger partial charge on any atom is -0.422 e. The fourth-order valence-electron chi connectivity index (χ4n) is 2.06. The van der Waals surface area contributed by atoms with Gasteiger partial charge in [-0.3, -0.25) is 0 Å². The van der Waals surface area contributed by atoms with Gasteiger partial charge in [0.2, 0.25) is 6.33 Å². The number of aryl methyl sites for hydroxylation is 2. The van der Waals surface area contributed by atoms with E-state index in [-0.39, 0.29) is 0 Å². The van der Waals surface area contributed by atoms with Crippen LogP contribution in [0, 0.1) is 11.5 Å². The van der Waals surface area contributed by atoms with Crippen molar-refractivity contribution in [2.45, 2.75) is 71.9 Å². The second-order valence-electron chi connectivity index (χ2n) is 4.97. The van der Waals surface area contributed by atoms with E-state index in [4.69, 9.17) is 10.7 Å². The monoisotopic (exact) mass is 289 g/mol. The molecule has 1 aromatic rings. The summed E-state index contributed by atoms with van der Waals surface area (Å²) in [5.41, 5.74) is 0. The number of hydrogen-bond acceptors (Lipinski definition) is 2. The van der Waals surface area contributed by atoms with Crippen LogP contribution in [0.5, 0.6) is 0 Å². The summed E-state index contributed by atoms with van der Waals surface area (Å²) in [6, 6.07) is 1.28. The maximum absolute atomic E-state index is 7.43. The first-order valence-electron chi connectivity index (χ1n) is 7.81. The predicted octanol–water partition coefficient (Wildman–Crippen LogP) is 3.76. The molecule has 0 fully saturated rings. The van der Waals surface area contributed by atoms with E-state index in [9.17, 15) is 0 Å². The van der Waals surface area contributed by atoms with Gasteiger partial charge in [0.05, 0.1) is 19.3 Å². The quantitative estimate of drug-likeness (QED) is 0.295. The number of aromatic nitrogens is 2. The van der Waals surface area contributed by atoms with Crippen molar-refractivity contribution in [2.24, 2.45) is 4.99 Å². The molecule has 0 aliphatic rings. The van der Waals surface area contributed by atoms with Crippen LogP contribution >= 0.6 is 0 Å². The molecule has 116 valence electrons. The highest BCUT2D eigenvalue weighted by Gasteiger charge is 2.01. The summed E-state index contributed by atoms with van der Waals surface area (Å²) in [5, 5.41) is 14.9. The van der Waals surface area contributed by atoms with E-state index in [1.54, 1.807) is 0 Å². The molecule has 0 bridgehead atoms. The van der Waals surface area contributed by atoms with Crippen molar-refractivity contribution >= 4 is 6.01 Å². The van der Waals surface area contributed by atoms with E-state index >= 15 is 0 Å². The molecule has 0 radical (unpaired) electrons. The van der Waals surface area contributed by atoms with Gasteiger partial charge in [0, 0.05) is 0 Å². The molecule has 0 spiro atoms. The molecule has 5 heteroatoms. The second kappa shape index (κ2) is 14.5. The smallest absolute Gasteiger partial charge is 0.243 e. The number of nitrogens with zero attached hydrogens (tertiary/aromatic N) is 5. The average Bonchev–Trinajstić information content (AvgIpc) is 2.92.